The lowest BCUT2D eigenvalue weighted by molar-refractivity contribution is -0.122. The second kappa shape index (κ2) is 8.79. The molecule has 6 nitrogen and oxygen atoms in total. The fraction of sp³-hybridized carbons (Fsp3) is 0.125. The van der Waals surface area contributed by atoms with Crippen molar-refractivity contribution in [2.24, 2.45) is 5.92 Å². The summed E-state index contributed by atoms with van der Waals surface area (Å²) < 4.78 is 13.1. The van der Waals surface area contributed by atoms with Gasteiger partial charge in [0.25, 0.3) is 5.91 Å². The first-order valence-corrected chi connectivity index (χ1v) is 9.83. The third-order valence-electron chi connectivity index (χ3n) is 5.10. The Kier molecular flexibility index (Phi) is 5.75. The smallest absolute Gasteiger partial charge is 0.257 e. The first kappa shape index (κ1) is 20.3. The standard InChI is InChI=1S/C24H20FN3O3/c25-17-10-12-18(13-11-17)26-24(31)20-8-4-5-9-21(20)27-23(30)16-14-22(29)28(15-16)19-6-2-1-3-7-19/h1-13,16H,14-15H2,(H,26,31)(H,27,30). The summed E-state index contributed by atoms with van der Waals surface area (Å²) >= 11 is 0. The normalized spacial score (nSPS) is 15.6. The van der Waals surface area contributed by atoms with E-state index in [1.54, 1.807) is 29.2 Å². The van der Waals surface area contributed by atoms with E-state index in [0.29, 0.717) is 11.4 Å². The van der Waals surface area contributed by atoms with Gasteiger partial charge in [-0.25, -0.2) is 4.39 Å². The molecule has 0 radical (unpaired) electrons. The Balaban J connectivity index is 1.46. The van der Waals surface area contributed by atoms with Crippen molar-refractivity contribution in [1.82, 2.24) is 0 Å². The highest BCUT2D eigenvalue weighted by Crippen LogP contribution is 2.26. The molecular formula is C24H20FN3O3. The van der Waals surface area contributed by atoms with E-state index in [9.17, 15) is 18.8 Å². The van der Waals surface area contributed by atoms with Crippen LogP contribution in [0, 0.1) is 11.7 Å². The molecule has 0 aromatic heterocycles. The first-order chi connectivity index (χ1) is 15.0. The minimum absolute atomic E-state index is 0.102. The average Bonchev–Trinajstić information content (AvgIpc) is 3.18. The highest BCUT2D eigenvalue weighted by molar-refractivity contribution is 6.11. The van der Waals surface area contributed by atoms with Crippen molar-refractivity contribution in [3.05, 3.63) is 90.2 Å². The van der Waals surface area contributed by atoms with Crippen LogP contribution >= 0.6 is 0 Å². The predicted octanol–water partition coefficient (Wildman–Crippen LogP) is 4.07. The van der Waals surface area contributed by atoms with Gasteiger partial charge in [-0.1, -0.05) is 30.3 Å². The summed E-state index contributed by atoms with van der Waals surface area (Å²) in [4.78, 5) is 39.5. The number of anilines is 3. The Morgan fingerprint density at radius 2 is 1.55 bits per heavy atom. The van der Waals surface area contributed by atoms with E-state index in [0.717, 1.165) is 5.69 Å². The van der Waals surface area contributed by atoms with Gasteiger partial charge in [-0.2, -0.15) is 0 Å². The number of halogens is 1. The molecule has 1 aliphatic rings. The second-order valence-electron chi connectivity index (χ2n) is 7.24. The zero-order valence-corrected chi connectivity index (χ0v) is 16.5. The largest absolute Gasteiger partial charge is 0.325 e. The van der Waals surface area contributed by atoms with E-state index in [2.05, 4.69) is 10.6 Å². The van der Waals surface area contributed by atoms with E-state index in [4.69, 9.17) is 0 Å². The highest BCUT2D eigenvalue weighted by atomic mass is 19.1. The summed E-state index contributed by atoms with van der Waals surface area (Å²) in [5.41, 5.74) is 1.80. The van der Waals surface area contributed by atoms with Crippen LogP contribution in [0.3, 0.4) is 0 Å². The molecule has 0 aliphatic carbocycles. The molecular weight excluding hydrogens is 397 g/mol. The Labute approximate surface area is 178 Å². The molecule has 7 heteroatoms. The minimum Gasteiger partial charge on any atom is -0.325 e. The van der Waals surface area contributed by atoms with Crippen molar-refractivity contribution >= 4 is 34.8 Å². The number of rotatable bonds is 5. The van der Waals surface area contributed by atoms with Gasteiger partial charge < -0.3 is 15.5 Å². The van der Waals surface area contributed by atoms with Gasteiger partial charge in [0, 0.05) is 24.3 Å². The second-order valence-corrected chi connectivity index (χ2v) is 7.24. The average molecular weight is 417 g/mol. The van der Waals surface area contributed by atoms with Crippen molar-refractivity contribution in [3.8, 4) is 0 Å². The van der Waals surface area contributed by atoms with E-state index >= 15 is 0 Å². The van der Waals surface area contributed by atoms with Gasteiger partial charge in [-0.3, -0.25) is 14.4 Å². The van der Waals surface area contributed by atoms with E-state index in [1.165, 1.54) is 24.3 Å². The predicted molar refractivity (Wildman–Crippen MR) is 116 cm³/mol. The van der Waals surface area contributed by atoms with E-state index in [1.807, 2.05) is 30.3 Å². The van der Waals surface area contributed by atoms with Crippen LogP contribution in [0.5, 0.6) is 0 Å². The first-order valence-electron chi connectivity index (χ1n) is 9.83. The summed E-state index contributed by atoms with van der Waals surface area (Å²) in [5.74, 6) is -1.80. The lowest BCUT2D eigenvalue weighted by atomic mass is 10.1. The zero-order chi connectivity index (χ0) is 21.8. The topological polar surface area (TPSA) is 78.5 Å². The molecule has 1 unspecified atom stereocenters. The van der Waals surface area contributed by atoms with Gasteiger partial charge >= 0.3 is 0 Å². The van der Waals surface area contributed by atoms with Gasteiger partial charge in [-0.05, 0) is 48.5 Å². The van der Waals surface area contributed by atoms with Crippen LogP contribution in [0.2, 0.25) is 0 Å². The number of para-hydroxylation sites is 2. The van der Waals surface area contributed by atoms with Gasteiger partial charge in [0.15, 0.2) is 0 Å². The molecule has 3 aromatic rings. The third kappa shape index (κ3) is 4.61. The number of amides is 3. The fourth-order valence-electron chi connectivity index (χ4n) is 3.50. The van der Waals surface area contributed by atoms with Crippen LogP contribution in [0.25, 0.3) is 0 Å². The molecule has 0 saturated carbocycles. The Bertz CT molecular complexity index is 1120. The van der Waals surface area contributed by atoms with E-state index in [-0.39, 0.29) is 30.3 Å². The molecule has 1 aliphatic heterocycles. The maximum absolute atomic E-state index is 13.1. The number of nitrogens with one attached hydrogen (secondary N) is 2. The number of carbonyl (C=O) groups excluding carboxylic acids is 3. The SMILES string of the molecule is O=C(Nc1ccc(F)cc1)c1ccccc1NC(=O)C1CC(=O)N(c2ccccc2)C1. The molecule has 1 fully saturated rings. The van der Waals surface area contributed by atoms with Crippen LogP contribution in [0.15, 0.2) is 78.9 Å². The van der Waals surface area contributed by atoms with Crippen molar-refractivity contribution in [2.45, 2.75) is 6.42 Å². The van der Waals surface area contributed by atoms with Crippen LogP contribution in [-0.4, -0.2) is 24.3 Å². The summed E-state index contributed by atoms with van der Waals surface area (Å²) in [5, 5.41) is 5.47. The molecule has 2 N–H and O–H groups in total. The van der Waals surface area contributed by atoms with Crippen molar-refractivity contribution in [3.63, 3.8) is 0 Å². The lowest BCUT2D eigenvalue weighted by Gasteiger charge is -2.17. The summed E-state index contributed by atoms with van der Waals surface area (Å²) in [6.07, 6.45) is 0.102. The maximum Gasteiger partial charge on any atom is 0.257 e. The number of benzene rings is 3. The van der Waals surface area contributed by atoms with Gasteiger partial charge in [-0.15, -0.1) is 0 Å². The Morgan fingerprint density at radius 1 is 0.871 bits per heavy atom. The zero-order valence-electron chi connectivity index (χ0n) is 16.5. The third-order valence-corrected chi connectivity index (χ3v) is 5.10. The highest BCUT2D eigenvalue weighted by Gasteiger charge is 2.35. The van der Waals surface area contributed by atoms with E-state index < -0.39 is 17.6 Å². The minimum atomic E-state index is -0.527. The summed E-state index contributed by atoms with van der Waals surface area (Å²) in [7, 11) is 0. The quantitative estimate of drug-likeness (QED) is 0.657. The number of hydrogen-bond donors (Lipinski definition) is 2. The molecule has 156 valence electrons. The molecule has 4 rings (SSSR count). The van der Waals surface area contributed by atoms with Gasteiger partial charge in [0.2, 0.25) is 11.8 Å². The number of hydrogen-bond acceptors (Lipinski definition) is 3. The molecule has 1 atom stereocenters. The molecule has 0 bridgehead atoms. The molecule has 3 amide bonds. The Morgan fingerprint density at radius 3 is 2.29 bits per heavy atom. The van der Waals surface area contributed by atoms with Crippen molar-refractivity contribution in [1.29, 1.82) is 0 Å². The summed E-state index contributed by atoms with van der Waals surface area (Å²) in [6, 6.07) is 21.2. The maximum atomic E-state index is 13.1. The van der Waals surface area contributed by atoms with Gasteiger partial charge in [0.1, 0.15) is 5.82 Å². The van der Waals surface area contributed by atoms with Gasteiger partial charge in [0.05, 0.1) is 17.2 Å². The summed E-state index contributed by atoms with van der Waals surface area (Å²) in [6.45, 7) is 0.276. The molecule has 3 aromatic carbocycles. The number of carbonyl (C=O) groups is 3. The van der Waals surface area contributed by atoms with Crippen molar-refractivity contribution in [2.75, 3.05) is 22.1 Å². The fourth-order valence-corrected chi connectivity index (χ4v) is 3.50. The Hall–Kier alpha value is -4.00. The van der Waals surface area contributed by atoms with Crippen LogP contribution in [0.1, 0.15) is 16.8 Å². The number of nitrogens with zero attached hydrogens (tertiary/aromatic N) is 1. The van der Waals surface area contributed by atoms with Crippen LogP contribution < -0.4 is 15.5 Å². The monoisotopic (exact) mass is 417 g/mol. The van der Waals surface area contributed by atoms with Crippen LogP contribution in [0.4, 0.5) is 21.5 Å². The van der Waals surface area contributed by atoms with Crippen LogP contribution in [-0.2, 0) is 9.59 Å². The molecule has 1 heterocycles. The lowest BCUT2D eigenvalue weighted by Crippen LogP contribution is -2.28. The molecule has 1 saturated heterocycles. The van der Waals surface area contributed by atoms with Crippen molar-refractivity contribution < 1.29 is 18.8 Å². The molecule has 31 heavy (non-hydrogen) atoms. The molecule has 0 spiro atoms.